The van der Waals surface area contributed by atoms with E-state index in [1.807, 2.05) is 0 Å². The van der Waals surface area contributed by atoms with Gasteiger partial charge < -0.3 is 14.6 Å². The summed E-state index contributed by atoms with van der Waals surface area (Å²) in [6, 6.07) is 0. The molecule has 2 rings (SSSR count). The van der Waals surface area contributed by atoms with Crippen molar-refractivity contribution in [2.24, 2.45) is 5.41 Å². The quantitative estimate of drug-likeness (QED) is 0.427. The molecule has 0 amide bonds. The van der Waals surface area contributed by atoms with Crippen molar-refractivity contribution in [2.75, 3.05) is 20.8 Å². The number of nitrogens with zero attached hydrogens (tertiary/aromatic N) is 1. The average molecular weight is 406 g/mol. The van der Waals surface area contributed by atoms with E-state index in [1.54, 1.807) is 13.8 Å². The summed E-state index contributed by atoms with van der Waals surface area (Å²) >= 11 is 5.72. The highest BCUT2D eigenvalue weighted by atomic mass is 35.5. The lowest BCUT2D eigenvalue weighted by atomic mass is 9.74. The summed E-state index contributed by atoms with van der Waals surface area (Å²) in [5.74, 6) is -3.22. The number of methoxy groups -OCH3 is 2. The van der Waals surface area contributed by atoms with E-state index in [0.29, 0.717) is 6.42 Å². The number of hydrogen-bond donors (Lipinski definition) is 1. The van der Waals surface area contributed by atoms with Gasteiger partial charge in [-0.15, -0.1) is 0 Å². The molecule has 0 saturated carbocycles. The number of ether oxygens (including phenoxy) is 2. The van der Waals surface area contributed by atoms with Crippen LogP contribution in [0.2, 0.25) is 0 Å². The van der Waals surface area contributed by atoms with Crippen LogP contribution in [0.15, 0.2) is 33.5 Å². The zero-order valence-corrected chi connectivity index (χ0v) is 16.5. The van der Waals surface area contributed by atoms with Crippen LogP contribution < -0.4 is 0 Å². The lowest BCUT2D eigenvalue weighted by Gasteiger charge is -2.42. The molecule has 150 valence electrons. The van der Waals surface area contributed by atoms with Crippen LogP contribution in [0.4, 0.5) is 8.87 Å². The van der Waals surface area contributed by atoms with Gasteiger partial charge in [0.1, 0.15) is 17.9 Å². The standard InChI is InChI=1S/C18H22ClF2NO5/c1-9-12(14(24)11-10(23)6-7-17(2,3)15(11)25)18(27-5,8-26-4)22(21)16(19)13(9)20/h25H,6-8H2,1-5H3. The average Bonchev–Trinajstić information content (AvgIpc) is 2.62. The summed E-state index contributed by atoms with van der Waals surface area (Å²) in [6.45, 7) is 4.04. The van der Waals surface area contributed by atoms with Gasteiger partial charge in [-0.25, -0.2) is 4.39 Å². The number of halogens is 3. The van der Waals surface area contributed by atoms with Crippen LogP contribution in [0.3, 0.4) is 0 Å². The maximum atomic E-state index is 14.9. The van der Waals surface area contributed by atoms with Crippen molar-refractivity contribution in [1.82, 2.24) is 5.12 Å². The third kappa shape index (κ3) is 3.19. The number of ketones is 2. The van der Waals surface area contributed by atoms with Crippen molar-refractivity contribution in [1.29, 1.82) is 0 Å². The molecule has 27 heavy (non-hydrogen) atoms. The first-order valence-corrected chi connectivity index (χ1v) is 8.62. The normalized spacial score (nSPS) is 26.2. The van der Waals surface area contributed by atoms with Crippen LogP contribution in [-0.4, -0.2) is 48.3 Å². The van der Waals surface area contributed by atoms with E-state index >= 15 is 0 Å². The van der Waals surface area contributed by atoms with Crippen molar-refractivity contribution < 1.29 is 33.0 Å². The second-order valence-electron chi connectivity index (χ2n) is 7.17. The number of aliphatic hydroxyl groups excluding tert-OH is 1. The molecule has 0 aromatic heterocycles. The molecule has 2 aliphatic rings. The van der Waals surface area contributed by atoms with E-state index in [1.165, 1.54) is 14.0 Å². The summed E-state index contributed by atoms with van der Waals surface area (Å²) < 4.78 is 39.5. The van der Waals surface area contributed by atoms with Gasteiger partial charge >= 0.3 is 0 Å². The number of Topliss-reactive ketones (excluding diaryl/α,β-unsaturated/α-hetero) is 2. The molecule has 1 aliphatic heterocycles. The minimum Gasteiger partial charge on any atom is -0.511 e. The topological polar surface area (TPSA) is 76.1 Å². The van der Waals surface area contributed by atoms with Gasteiger partial charge in [0, 0.05) is 31.6 Å². The molecule has 0 radical (unpaired) electrons. The SMILES string of the molecule is COCC1(OC)C(C(=O)C2=C(O)C(C)(C)CCC2=O)=C(C)C(F)=C(Cl)N1F. The minimum atomic E-state index is -2.21. The summed E-state index contributed by atoms with van der Waals surface area (Å²) in [7, 11) is 2.33. The molecule has 0 saturated heterocycles. The van der Waals surface area contributed by atoms with E-state index < -0.39 is 57.2 Å². The smallest absolute Gasteiger partial charge is 0.224 e. The molecule has 0 spiro atoms. The molecule has 0 fully saturated rings. The van der Waals surface area contributed by atoms with Crippen LogP contribution in [-0.2, 0) is 19.1 Å². The molecule has 1 unspecified atom stereocenters. The summed E-state index contributed by atoms with van der Waals surface area (Å²) in [4.78, 5) is 25.7. The van der Waals surface area contributed by atoms with Crippen molar-refractivity contribution in [3.05, 3.63) is 33.5 Å². The van der Waals surface area contributed by atoms with Gasteiger partial charge in [-0.05, 0) is 13.3 Å². The van der Waals surface area contributed by atoms with Crippen molar-refractivity contribution in [2.45, 2.75) is 39.3 Å². The van der Waals surface area contributed by atoms with Gasteiger partial charge in [-0.1, -0.05) is 29.9 Å². The molecule has 9 heteroatoms. The molecule has 6 nitrogen and oxygen atoms in total. The molecular formula is C18H22ClF2NO5. The van der Waals surface area contributed by atoms with Crippen LogP contribution in [0.25, 0.3) is 0 Å². The Balaban J connectivity index is 2.78. The predicted octanol–water partition coefficient (Wildman–Crippen LogP) is 3.64. The Morgan fingerprint density at radius 1 is 1.37 bits per heavy atom. The highest BCUT2D eigenvalue weighted by Gasteiger charge is 2.53. The van der Waals surface area contributed by atoms with Crippen LogP contribution in [0.1, 0.15) is 33.6 Å². The third-order valence-electron chi connectivity index (χ3n) is 5.03. The highest BCUT2D eigenvalue weighted by molar-refractivity contribution is 6.31. The maximum Gasteiger partial charge on any atom is 0.224 e. The molecule has 0 aromatic rings. The highest BCUT2D eigenvalue weighted by Crippen LogP contribution is 2.45. The maximum absolute atomic E-state index is 14.9. The van der Waals surface area contributed by atoms with E-state index in [2.05, 4.69) is 0 Å². The number of aliphatic hydroxyl groups is 1. The van der Waals surface area contributed by atoms with E-state index in [0.717, 1.165) is 7.11 Å². The van der Waals surface area contributed by atoms with Gasteiger partial charge in [0.25, 0.3) is 0 Å². The van der Waals surface area contributed by atoms with E-state index in [9.17, 15) is 23.6 Å². The molecular weight excluding hydrogens is 384 g/mol. The van der Waals surface area contributed by atoms with Crippen LogP contribution >= 0.6 is 11.6 Å². The van der Waals surface area contributed by atoms with Crippen molar-refractivity contribution in [3.63, 3.8) is 0 Å². The molecule has 1 atom stereocenters. The van der Waals surface area contributed by atoms with E-state index in [4.69, 9.17) is 21.1 Å². The Labute approximate surface area is 161 Å². The fourth-order valence-corrected chi connectivity index (χ4v) is 3.59. The van der Waals surface area contributed by atoms with Gasteiger partial charge in [0.2, 0.25) is 11.5 Å². The molecule has 1 heterocycles. The Bertz CT molecular complexity index is 787. The van der Waals surface area contributed by atoms with Gasteiger partial charge in [-0.2, -0.15) is 5.12 Å². The fraction of sp³-hybridized carbons (Fsp3) is 0.556. The Morgan fingerprint density at radius 3 is 2.48 bits per heavy atom. The first kappa shape index (κ1) is 21.5. The number of allylic oxidation sites excluding steroid dienone is 4. The predicted molar refractivity (Wildman–Crippen MR) is 93.9 cm³/mol. The van der Waals surface area contributed by atoms with E-state index in [-0.39, 0.29) is 17.1 Å². The van der Waals surface area contributed by atoms with Crippen molar-refractivity contribution >= 4 is 23.2 Å². The first-order chi connectivity index (χ1) is 12.5. The molecule has 0 bridgehead atoms. The molecule has 1 aliphatic carbocycles. The molecule has 1 N–H and O–H groups in total. The Hall–Kier alpha value is -1.77. The summed E-state index contributed by atoms with van der Waals surface area (Å²) in [6.07, 6.45) is 0.364. The first-order valence-electron chi connectivity index (χ1n) is 8.25. The lowest BCUT2D eigenvalue weighted by Crippen LogP contribution is -2.55. The van der Waals surface area contributed by atoms with Crippen LogP contribution in [0, 0.1) is 5.41 Å². The summed E-state index contributed by atoms with van der Waals surface area (Å²) in [5.41, 5.74) is -4.34. The zero-order chi connectivity index (χ0) is 20.7. The van der Waals surface area contributed by atoms with Crippen molar-refractivity contribution in [3.8, 4) is 0 Å². The lowest BCUT2D eigenvalue weighted by molar-refractivity contribution is -0.201. The minimum absolute atomic E-state index is 0.0210. The van der Waals surface area contributed by atoms with Crippen LogP contribution in [0.5, 0.6) is 0 Å². The Kier molecular flexibility index (Phi) is 5.85. The zero-order valence-electron chi connectivity index (χ0n) is 15.8. The van der Waals surface area contributed by atoms with Gasteiger partial charge in [-0.3, -0.25) is 9.59 Å². The Morgan fingerprint density at radius 2 is 1.96 bits per heavy atom. The second kappa shape index (κ2) is 7.33. The number of hydrogen-bond acceptors (Lipinski definition) is 6. The van der Waals surface area contributed by atoms with Gasteiger partial charge in [0.05, 0.1) is 5.57 Å². The van der Waals surface area contributed by atoms with Gasteiger partial charge in [0.15, 0.2) is 16.8 Å². The number of carbonyl (C=O) groups excluding carboxylic acids is 2. The second-order valence-corrected chi connectivity index (χ2v) is 7.52. The number of carbonyl (C=O) groups is 2. The monoisotopic (exact) mass is 405 g/mol. The fourth-order valence-electron chi connectivity index (χ4n) is 3.31. The summed E-state index contributed by atoms with van der Waals surface area (Å²) in [5, 5.41) is 9.36. The third-order valence-corrected chi connectivity index (χ3v) is 5.35. The molecule has 0 aromatic carbocycles. The largest absolute Gasteiger partial charge is 0.511 e. The number of rotatable bonds is 5.